The standard InChI is InChI=1S/C12H8ClF3OS/c1-17-6-2-11(18-5-6)12(13)7-3-9(15)10(16)4-8(7)14/h2-5,12H,1H3. The molecule has 6 heteroatoms. The highest BCUT2D eigenvalue weighted by atomic mass is 35.5. The Bertz CT molecular complexity index is 570. The van der Waals surface area contributed by atoms with Gasteiger partial charge in [0.15, 0.2) is 11.6 Å². The smallest absolute Gasteiger partial charge is 0.161 e. The summed E-state index contributed by atoms with van der Waals surface area (Å²) in [5.74, 6) is -2.64. The van der Waals surface area contributed by atoms with Crippen LogP contribution in [-0.4, -0.2) is 7.11 Å². The second-order valence-corrected chi connectivity index (χ2v) is 4.92. The topological polar surface area (TPSA) is 9.23 Å². The molecule has 1 aromatic carbocycles. The Morgan fingerprint density at radius 3 is 2.39 bits per heavy atom. The lowest BCUT2D eigenvalue weighted by molar-refractivity contribution is 0.416. The second kappa shape index (κ2) is 5.20. The van der Waals surface area contributed by atoms with E-state index in [2.05, 4.69) is 0 Å². The molecule has 96 valence electrons. The fraction of sp³-hybridized carbons (Fsp3) is 0.167. The zero-order valence-corrected chi connectivity index (χ0v) is 10.8. The van der Waals surface area contributed by atoms with E-state index in [1.54, 1.807) is 11.4 Å². The summed E-state index contributed by atoms with van der Waals surface area (Å²) in [5.41, 5.74) is -0.0972. The van der Waals surface area contributed by atoms with Gasteiger partial charge >= 0.3 is 0 Å². The van der Waals surface area contributed by atoms with Crippen molar-refractivity contribution in [2.75, 3.05) is 7.11 Å². The summed E-state index contributed by atoms with van der Waals surface area (Å²) >= 11 is 7.31. The second-order valence-electron chi connectivity index (χ2n) is 3.54. The van der Waals surface area contributed by atoms with Crippen molar-refractivity contribution in [2.45, 2.75) is 5.38 Å². The van der Waals surface area contributed by atoms with Crippen LogP contribution < -0.4 is 4.74 Å². The molecule has 0 saturated carbocycles. The van der Waals surface area contributed by atoms with Gasteiger partial charge in [0, 0.05) is 21.9 Å². The molecule has 1 aromatic heterocycles. The summed E-state index contributed by atoms with van der Waals surface area (Å²) in [6.07, 6.45) is 0. The zero-order valence-electron chi connectivity index (χ0n) is 9.22. The zero-order chi connectivity index (χ0) is 13.3. The minimum Gasteiger partial charge on any atom is -0.496 e. The first-order valence-electron chi connectivity index (χ1n) is 4.94. The Hall–Kier alpha value is -1.20. The van der Waals surface area contributed by atoms with Gasteiger partial charge in [-0.3, -0.25) is 0 Å². The van der Waals surface area contributed by atoms with Gasteiger partial charge in [0.05, 0.1) is 12.5 Å². The van der Waals surface area contributed by atoms with Crippen LogP contribution in [0.15, 0.2) is 23.6 Å². The number of ether oxygens (including phenoxy) is 1. The highest BCUT2D eigenvalue weighted by molar-refractivity contribution is 7.10. The molecule has 2 rings (SSSR count). The van der Waals surface area contributed by atoms with Crippen LogP contribution in [0.1, 0.15) is 15.8 Å². The molecule has 0 spiro atoms. The van der Waals surface area contributed by atoms with E-state index < -0.39 is 22.8 Å². The summed E-state index contributed by atoms with van der Waals surface area (Å²) in [6.45, 7) is 0. The van der Waals surface area contributed by atoms with E-state index in [4.69, 9.17) is 16.3 Å². The van der Waals surface area contributed by atoms with Crippen LogP contribution in [0.4, 0.5) is 13.2 Å². The predicted octanol–water partition coefficient (Wildman–Crippen LogP) is 4.50. The lowest BCUT2D eigenvalue weighted by atomic mass is 10.1. The average Bonchev–Trinajstić information content (AvgIpc) is 2.81. The Morgan fingerprint density at radius 1 is 1.11 bits per heavy atom. The molecule has 1 heterocycles. The van der Waals surface area contributed by atoms with Crippen molar-refractivity contribution in [2.24, 2.45) is 0 Å². The molecular formula is C12H8ClF3OS. The largest absolute Gasteiger partial charge is 0.496 e. The summed E-state index contributed by atoms with van der Waals surface area (Å²) in [7, 11) is 1.49. The highest BCUT2D eigenvalue weighted by Crippen LogP contribution is 2.37. The molecule has 0 saturated heterocycles. The number of hydrogen-bond donors (Lipinski definition) is 0. The van der Waals surface area contributed by atoms with E-state index in [0.29, 0.717) is 16.7 Å². The number of methoxy groups -OCH3 is 1. The van der Waals surface area contributed by atoms with Crippen molar-refractivity contribution >= 4 is 22.9 Å². The maximum atomic E-state index is 13.5. The number of halogens is 4. The maximum absolute atomic E-state index is 13.5. The van der Waals surface area contributed by atoms with E-state index in [1.165, 1.54) is 18.4 Å². The van der Waals surface area contributed by atoms with Gasteiger partial charge in [-0.25, -0.2) is 13.2 Å². The number of alkyl halides is 1. The molecule has 0 fully saturated rings. The fourth-order valence-corrected chi connectivity index (χ4v) is 2.69. The van der Waals surface area contributed by atoms with Crippen molar-refractivity contribution in [1.82, 2.24) is 0 Å². The van der Waals surface area contributed by atoms with Crippen molar-refractivity contribution in [3.05, 3.63) is 51.5 Å². The van der Waals surface area contributed by atoms with E-state index in [1.807, 2.05) is 0 Å². The Kier molecular flexibility index (Phi) is 3.82. The molecular weight excluding hydrogens is 285 g/mol. The highest BCUT2D eigenvalue weighted by Gasteiger charge is 2.20. The summed E-state index contributed by atoms with van der Waals surface area (Å²) in [4.78, 5) is 0.596. The Balaban J connectivity index is 2.39. The van der Waals surface area contributed by atoms with Gasteiger partial charge in [-0.1, -0.05) is 0 Å². The van der Waals surface area contributed by atoms with Gasteiger partial charge in [-0.2, -0.15) is 0 Å². The summed E-state index contributed by atoms with van der Waals surface area (Å²) in [6, 6.07) is 2.89. The summed E-state index contributed by atoms with van der Waals surface area (Å²) in [5, 5.41) is 0.816. The lowest BCUT2D eigenvalue weighted by Gasteiger charge is -2.09. The van der Waals surface area contributed by atoms with E-state index in [0.717, 1.165) is 6.07 Å². The summed E-state index contributed by atoms with van der Waals surface area (Å²) < 4.78 is 44.4. The molecule has 2 aromatic rings. The van der Waals surface area contributed by atoms with Crippen LogP contribution in [0.2, 0.25) is 0 Å². The third kappa shape index (κ3) is 2.47. The monoisotopic (exact) mass is 292 g/mol. The van der Waals surface area contributed by atoms with Crippen molar-refractivity contribution in [1.29, 1.82) is 0 Å². The van der Waals surface area contributed by atoms with Crippen molar-refractivity contribution < 1.29 is 17.9 Å². The van der Waals surface area contributed by atoms with Gasteiger partial charge in [0.1, 0.15) is 11.6 Å². The first-order valence-corrected chi connectivity index (χ1v) is 6.25. The quantitative estimate of drug-likeness (QED) is 0.598. The van der Waals surface area contributed by atoms with Crippen LogP contribution in [0.3, 0.4) is 0 Å². The van der Waals surface area contributed by atoms with E-state index >= 15 is 0 Å². The van der Waals surface area contributed by atoms with Crippen LogP contribution >= 0.6 is 22.9 Å². The molecule has 0 aliphatic rings. The molecule has 0 amide bonds. The fourth-order valence-electron chi connectivity index (χ4n) is 1.46. The first kappa shape index (κ1) is 13.2. The van der Waals surface area contributed by atoms with Gasteiger partial charge in [-0.15, -0.1) is 22.9 Å². The molecule has 0 bridgehead atoms. The number of thiophene rings is 1. The third-order valence-electron chi connectivity index (χ3n) is 2.39. The molecule has 0 aliphatic heterocycles. The van der Waals surface area contributed by atoms with Gasteiger partial charge in [-0.05, 0) is 12.1 Å². The SMILES string of the molecule is COc1csc(C(Cl)c2cc(F)c(F)cc2F)c1. The minimum atomic E-state index is -1.23. The van der Waals surface area contributed by atoms with Gasteiger partial charge in [0.2, 0.25) is 0 Å². The van der Waals surface area contributed by atoms with Crippen molar-refractivity contribution in [3.8, 4) is 5.75 Å². The molecule has 1 atom stereocenters. The van der Waals surface area contributed by atoms with E-state index in [9.17, 15) is 13.2 Å². The van der Waals surface area contributed by atoms with Crippen LogP contribution in [0.25, 0.3) is 0 Å². The number of rotatable bonds is 3. The lowest BCUT2D eigenvalue weighted by Crippen LogP contribution is -1.98. The van der Waals surface area contributed by atoms with E-state index in [-0.39, 0.29) is 5.56 Å². The van der Waals surface area contributed by atoms with Crippen molar-refractivity contribution in [3.63, 3.8) is 0 Å². The number of hydrogen-bond acceptors (Lipinski definition) is 2. The predicted molar refractivity (Wildman–Crippen MR) is 64.9 cm³/mol. The van der Waals surface area contributed by atoms with Gasteiger partial charge < -0.3 is 4.74 Å². The average molecular weight is 293 g/mol. The minimum absolute atomic E-state index is 0.0972. The first-order chi connectivity index (χ1) is 8.52. The molecule has 1 unspecified atom stereocenters. The normalized spacial score (nSPS) is 12.5. The molecule has 18 heavy (non-hydrogen) atoms. The molecule has 0 aliphatic carbocycles. The molecule has 0 N–H and O–H groups in total. The maximum Gasteiger partial charge on any atom is 0.161 e. The molecule has 1 nitrogen and oxygen atoms in total. The number of benzene rings is 1. The Morgan fingerprint density at radius 2 is 1.78 bits per heavy atom. The Labute approximate surface area is 111 Å². The third-order valence-corrected chi connectivity index (χ3v) is 3.97. The van der Waals surface area contributed by atoms with Crippen LogP contribution in [0.5, 0.6) is 5.75 Å². The van der Waals surface area contributed by atoms with Crippen LogP contribution in [-0.2, 0) is 0 Å². The molecule has 0 radical (unpaired) electrons. The van der Waals surface area contributed by atoms with Crippen LogP contribution in [0, 0.1) is 17.5 Å². The van der Waals surface area contributed by atoms with Gasteiger partial charge in [0.25, 0.3) is 0 Å².